The number of sulfonamides is 1. The second-order valence-corrected chi connectivity index (χ2v) is 8.52. The molecule has 1 aliphatic heterocycles. The van der Waals surface area contributed by atoms with E-state index >= 15 is 0 Å². The van der Waals surface area contributed by atoms with E-state index in [4.69, 9.17) is 5.84 Å². The van der Waals surface area contributed by atoms with Gasteiger partial charge in [0.05, 0.1) is 6.26 Å². The number of nitrogens with two attached hydrogens (primary N) is 1. The molecule has 0 aromatic carbocycles. The second kappa shape index (κ2) is 7.20. The van der Waals surface area contributed by atoms with Gasteiger partial charge in [-0.1, -0.05) is 19.3 Å². The molecule has 118 valence electrons. The lowest BCUT2D eigenvalue weighted by Gasteiger charge is -2.36. The second-order valence-electron chi connectivity index (χ2n) is 6.54. The van der Waals surface area contributed by atoms with Crippen LogP contribution in [0.1, 0.15) is 51.4 Å². The van der Waals surface area contributed by atoms with E-state index in [1.165, 1.54) is 38.4 Å². The van der Waals surface area contributed by atoms with Gasteiger partial charge in [0.1, 0.15) is 0 Å². The van der Waals surface area contributed by atoms with Crippen LogP contribution in [-0.2, 0) is 10.0 Å². The minimum atomic E-state index is -3.04. The van der Waals surface area contributed by atoms with Gasteiger partial charge in [-0.25, -0.2) is 12.7 Å². The SMILES string of the molecule is CS(=O)(=O)N1CCCC(CC(NN)C2CCCCC2)C1. The van der Waals surface area contributed by atoms with Crippen molar-refractivity contribution in [2.24, 2.45) is 17.7 Å². The van der Waals surface area contributed by atoms with E-state index in [-0.39, 0.29) is 0 Å². The average Bonchev–Trinajstić information content (AvgIpc) is 2.45. The Morgan fingerprint density at radius 2 is 1.90 bits per heavy atom. The fourth-order valence-electron chi connectivity index (χ4n) is 3.81. The summed E-state index contributed by atoms with van der Waals surface area (Å²) in [7, 11) is -3.04. The molecule has 1 heterocycles. The maximum Gasteiger partial charge on any atom is 0.211 e. The number of hydrogen-bond acceptors (Lipinski definition) is 4. The Balaban J connectivity index is 1.90. The van der Waals surface area contributed by atoms with E-state index in [9.17, 15) is 8.42 Å². The summed E-state index contributed by atoms with van der Waals surface area (Å²) in [5.41, 5.74) is 3.00. The average molecular weight is 303 g/mol. The summed E-state index contributed by atoms with van der Waals surface area (Å²) < 4.78 is 25.0. The molecule has 3 N–H and O–H groups in total. The number of nitrogens with one attached hydrogen (secondary N) is 1. The molecule has 0 spiro atoms. The zero-order valence-corrected chi connectivity index (χ0v) is 13.4. The zero-order valence-electron chi connectivity index (χ0n) is 12.6. The molecule has 2 fully saturated rings. The standard InChI is InChI=1S/C14H29N3O2S/c1-20(18,19)17-9-5-6-12(11-17)10-14(16-15)13-7-3-2-4-8-13/h12-14,16H,2-11,15H2,1H3. The van der Waals surface area contributed by atoms with Crippen LogP contribution in [0.15, 0.2) is 0 Å². The third-order valence-corrected chi connectivity index (χ3v) is 6.24. The van der Waals surface area contributed by atoms with Gasteiger partial charge >= 0.3 is 0 Å². The molecule has 2 rings (SSSR count). The van der Waals surface area contributed by atoms with Gasteiger partial charge in [-0.15, -0.1) is 0 Å². The fraction of sp³-hybridized carbons (Fsp3) is 1.00. The van der Waals surface area contributed by atoms with E-state index in [0.717, 1.165) is 19.3 Å². The van der Waals surface area contributed by atoms with E-state index in [2.05, 4.69) is 5.43 Å². The van der Waals surface area contributed by atoms with Crippen LogP contribution in [-0.4, -0.2) is 38.1 Å². The van der Waals surface area contributed by atoms with E-state index in [1.807, 2.05) is 0 Å². The van der Waals surface area contributed by atoms with Crippen molar-refractivity contribution in [3.63, 3.8) is 0 Å². The molecule has 5 nitrogen and oxygen atoms in total. The normalized spacial score (nSPS) is 28.4. The largest absolute Gasteiger partial charge is 0.271 e. The van der Waals surface area contributed by atoms with Crippen LogP contribution in [0.5, 0.6) is 0 Å². The highest BCUT2D eigenvalue weighted by Gasteiger charge is 2.30. The smallest absolute Gasteiger partial charge is 0.211 e. The Bertz CT molecular complexity index is 393. The first-order valence-corrected chi connectivity index (χ1v) is 9.77. The Morgan fingerprint density at radius 1 is 1.20 bits per heavy atom. The zero-order chi connectivity index (χ0) is 14.6. The highest BCUT2D eigenvalue weighted by molar-refractivity contribution is 7.88. The van der Waals surface area contributed by atoms with E-state index in [0.29, 0.717) is 31.0 Å². The lowest BCUT2D eigenvalue weighted by atomic mass is 9.79. The molecule has 1 aliphatic carbocycles. The number of rotatable bonds is 5. The first-order valence-electron chi connectivity index (χ1n) is 7.92. The maximum absolute atomic E-state index is 11.7. The minimum Gasteiger partial charge on any atom is -0.271 e. The molecule has 0 bridgehead atoms. The number of nitrogens with zero attached hydrogens (tertiary/aromatic N) is 1. The Kier molecular flexibility index (Phi) is 5.84. The summed E-state index contributed by atoms with van der Waals surface area (Å²) in [5.74, 6) is 6.87. The number of hydrogen-bond donors (Lipinski definition) is 2. The van der Waals surface area contributed by atoms with Gasteiger partial charge in [-0.05, 0) is 43.9 Å². The number of piperidine rings is 1. The van der Waals surface area contributed by atoms with Gasteiger partial charge in [0.2, 0.25) is 10.0 Å². The predicted octanol–water partition coefficient (Wildman–Crippen LogP) is 1.46. The van der Waals surface area contributed by atoms with E-state index in [1.54, 1.807) is 4.31 Å². The molecular weight excluding hydrogens is 274 g/mol. The summed E-state index contributed by atoms with van der Waals surface area (Å²) in [5, 5.41) is 0. The summed E-state index contributed by atoms with van der Waals surface area (Å²) in [6.45, 7) is 1.35. The van der Waals surface area contributed by atoms with Gasteiger partial charge in [-0.2, -0.15) is 0 Å². The molecule has 1 saturated carbocycles. The third-order valence-electron chi connectivity index (χ3n) is 4.97. The van der Waals surface area contributed by atoms with Gasteiger partial charge in [0.25, 0.3) is 0 Å². The van der Waals surface area contributed by atoms with Gasteiger partial charge < -0.3 is 0 Å². The molecular formula is C14H29N3O2S. The van der Waals surface area contributed by atoms with E-state index < -0.39 is 10.0 Å². The third kappa shape index (κ3) is 4.41. The first-order chi connectivity index (χ1) is 9.50. The predicted molar refractivity (Wildman–Crippen MR) is 81.4 cm³/mol. The van der Waals surface area contributed by atoms with Crippen molar-refractivity contribution in [1.82, 2.24) is 9.73 Å². The molecule has 0 aromatic rings. The molecule has 2 unspecified atom stereocenters. The van der Waals surface area contributed by atoms with Crippen molar-refractivity contribution in [2.75, 3.05) is 19.3 Å². The monoisotopic (exact) mass is 303 g/mol. The van der Waals surface area contributed by atoms with Crippen molar-refractivity contribution in [2.45, 2.75) is 57.4 Å². The molecule has 0 aromatic heterocycles. The van der Waals surface area contributed by atoms with Gasteiger partial charge in [0, 0.05) is 19.1 Å². The van der Waals surface area contributed by atoms with Gasteiger partial charge in [-0.3, -0.25) is 11.3 Å². The van der Waals surface area contributed by atoms with Crippen molar-refractivity contribution < 1.29 is 8.42 Å². The lowest BCUT2D eigenvalue weighted by Crippen LogP contribution is -2.46. The van der Waals surface area contributed by atoms with Crippen molar-refractivity contribution in [1.29, 1.82) is 0 Å². The maximum atomic E-state index is 11.7. The van der Waals surface area contributed by atoms with Crippen LogP contribution >= 0.6 is 0 Å². The Morgan fingerprint density at radius 3 is 2.50 bits per heavy atom. The van der Waals surface area contributed by atoms with Crippen LogP contribution in [0.25, 0.3) is 0 Å². The van der Waals surface area contributed by atoms with Crippen molar-refractivity contribution in [3.05, 3.63) is 0 Å². The summed E-state index contributed by atoms with van der Waals surface area (Å²) >= 11 is 0. The lowest BCUT2D eigenvalue weighted by molar-refractivity contribution is 0.192. The van der Waals surface area contributed by atoms with Crippen LogP contribution in [0, 0.1) is 11.8 Å². The molecule has 0 amide bonds. The topological polar surface area (TPSA) is 75.4 Å². The van der Waals surface area contributed by atoms with Crippen LogP contribution in [0.3, 0.4) is 0 Å². The summed E-state index contributed by atoms with van der Waals surface area (Å²) in [6.07, 6.45) is 10.9. The van der Waals surface area contributed by atoms with Crippen LogP contribution in [0.4, 0.5) is 0 Å². The fourth-order valence-corrected chi connectivity index (χ4v) is 4.76. The molecule has 2 atom stereocenters. The highest BCUT2D eigenvalue weighted by Crippen LogP contribution is 2.31. The molecule has 6 heteroatoms. The minimum absolute atomic E-state index is 0.347. The Labute approximate surface area is 123 Å². The molecule has 20 heavy (non-hydrogen) atoms. The quantitative estimate of drug-likeness (QED) is 0.595. The van der Waals surface area contributed by atoms with Crippen molar-refractivity contribution in [3.8, 4) is 0 Å². The van der Waals surface area contributed by atoms with Gasteiger partial charge in [0.15, 0.2) is 0 Å². The van der Waals surface area contributed by atoms with Crippen molar-refractivity contribution >= 4 is 10.0 Å². The highest BCUT2D eigenvalue weighted by atomic mass is 32.2. The molecule has 2 aliphatic rings. The van der Waals surface area contributed by atoms with Crippen LogP contribution < -0.4 is 11.3 Å². The number of hydrazine groups is 1. The van der Waals surface area contributed by atoms with Crippen LogP contribution in [0.2, 0.25) is 0 Å². The molecule has 1 saturated heterocycles. The molecule has 0 radical (unpaired) electrons. The summed E-state index contributed by atoms with van der Waals surface area (Å²) in [6, 6.07) is 0.347. The first kappa shape index (κ1) is 16.2. The summed E-state index contributed by atoms with van der Waals surface area (Å²) in [4.78, 5) is 0. The Hall–Kier alpha value is -0.170.